The van der Waals surface area contributed by atoms with E-state index in [0.717, 1.165) is 10.9 Å². The first-order valence-electron chi connectivity index (χ1n) is 14.2. The van der Waals surface area contributed by atoms with Gasteiger partial charge >= 0.3 is 14.2 Å². The van der Waals surface area contributed by atoms with Crippen LogP contribution in [0.2, 0.25) is 0 Å². The highest BCUT2D eigenvalue weighted by Crippen LogP contribution is 2.41. The molecule has 0 amide bonds. The summed E-state index contributed by atoms with van der Waals surface area (Å²) in [6, 6.07) is 19.7. The maximum atomic E-state index is 6.47. The number of nitrogens with zero attached hydrogens (tertiary/aromatic N) is 1. The van der Waals surface area contributed by atoms with Gasteiger partial charge in [0.25, 0.3) is 0 Å². The molecule has 5 nitrogen and oxygen atoms in total. The lowest BCUT2D eigenvalue weighted by molar-refractivity contribution is 0.00578. The zero-order valence-electron chi connectivity index (χ0n) is 24.9. The molecule has 2 saturated heterocycles. The first-order chi connectivity index (χ1) is 18.3. The third-order valence-corrected chi connectivity index (χ3v) is 9.39. The highest BCUT2D eigenvalue weighted by atomic mass is 16.7. The van der Waals surface area contributed by atoms with Crippen molar-refractivity contribution in [3.63, 3.8) is 0 Å². The molecule has 202 valence electrons. The first kappa shape index (κ1) is 26.6. The lowest BCUT2D eigenvalue weighted by Gasteiger charge is -2.32. The van der Waals surface area contributed by atoms with Crippen molar-refractivity contribution in [3.8, 4) is 0 Å². The van der Waals surface area contributed by atoms with Gasteiger partial charge in [-0.2, -0.15) is 0 Å². The van der Waals surface area contributed by atoms with Crippen LogP contribution >= 0.6 is 0 Å². The minimum atomic E-state index is -0.428. The second-order valence-corrected chi connectivity index (χ2v) is 12.8. The number of hydrogen-bond donors (Lipinski definition) is 0. The van der Waals surface area contributed by atoms with E-state index in [9.17, 15) is 0 Å². The first-order valence-corrected chi connectivity index (χ1v) is 14.2. The van der Waals surface area contributed by atoms with Crippen LogP contribution in [0.15, 0.2) is 54.6 Å². The van der Waals surface area contributed by atoms with E-state index in [4.69, 9.17) is 18.6 Å². The summed E-state index contributed by atoms with van der Waals surface area (Å²) in [5.74, 6) is 0. The summed E-state index contributed by atoms with van der Waals surface area (Å²) in [7, 11) is -0.836. The summed E-state index contributed by atoms with van der Waals surface area (Å²) < 4.78 is 28.1. The normalized spacial score (nSPS) is 21.4. The van der Waals surface area contributed by atoms with Crippen LogP contribution in [-0.4, -0.2) is 41.0 Å². The highest BCUT2D eigenvalue weighted by molar-refractivity contribution is 6.63. The lowest BCUT2D eigenvalue weighted by Crippen LogP contribution is -2.41. The number of rotatable bonds is 2. The van der Waals surface area contributed by atoms with Crippen LogP contribution in [-0.2, 0) is 18.6 Å². The Balaban J connectivity index is 0.00000135. The van der Waals surface area contributed by atoms with E-state index in [1.807, 2.05) is 13.8 Å². The zero-order valence-corrected chi connectivity index (χ0v) is 24.9. The molecule has 7 heteroatoms. The van der Waals surface area contributed by atoms with Gasteiger partial charge in [-0.25, -0.2) is 0 Å². The van der Waals surface area contributed by atoms with E-state index < -0.39 is 25.4 Å². The van der Waals surface area contributed by atoms with Crippen LogP contribution in [0.1, 0.15) is 69.2 Å². The molecule has 0 bridgehead atoms. The molecule has 2 aromatic heterocycles. The van der Waals surface area contributed by atoms with Gasteiger partial charge in [0, 0.05) is 21.5 Å². The third kappa shape index (κ3) is 3.70. The van der Waals surface area contributed by atoms with E-state index in [0.29, 0.717) is 0 Å². The second kappa shape index (κ2) is 8.47. The van der Waals surface area contributed by atoms with Crippen LogP contribution in [0.4, 0.5) is 0 Å². The van der Waals surface area contributed by atoms with Gasteiger partial charge in [-0.15, -0.1) is 0 Å². The van der Waals surface area contributed by atoms with Crippen LogP contribution in [0.3, 0.4) is 0 Å². The Morgan fingerprint density at radius 1 is 0.513 bits per heavy atom. The van der Waals surface area contributed by atoms with Crippen LogP contribution in [0.25, 0.3) is 38.1 Å². The minimum Gasteiger partial charge on any atom is -0.399 e. The summed E-state index contributed by atoms with van der Waals surface area (Å²) in [5.41, 5.74) is 4.09. The molecule has 0 spiro atoms. The Morgan fingerprint density at radius 3 is 1.51 bits per heavy atom. The molecule has 0 unspecified atom stereocenters. The van der Waals surface area contributed by atoms with Gasteiger partial charge in [0.1, 0.15) is 0 Å². The molecular formula is C32H39B2NO4. The average Bonchev–Trinajstić information content (AvgIpc) is 3.52. The van der Waals surface area contributed by atoms with Gasteiger partial charge in [-0.3, -0.25) is 0 Å². The van der Waals surface area contributed by atoms with E-state index >= 15 is 0 Å². The number of benzene rings is 3. The Kier molecular flexibility index (Phi) is 5.78. The largest absolute Gasteiger partial charge is 0.494 e. The predicted octanol–water partition coefficient (Wildman–Crippen LogP) is 6.46. The molecule has 0 atom stereocenters. The highest BCUT2D eigenvalue weighted by Gasteiger charge is 2.53. The van der Waals surface area contributed by atoms with Crippen molar-refractivity contribution in [2.24, 2.45) is 0 Å². The standard InChI is InChI=1S/C30H33B2NO4.C2H6/c1-27(2)28(3,4)35-31(34-27)18-13-14-25-21(15-18)23-17-19(32-36-29(5,6)30(7,8)37-32)16-22-20-11-9-10-12-24(20)33(25)26(22)23;1-2/h9-17H,1-8H3;1-2H3. The van der Waals surface area contributed by atoms with Crippen molar-refractivity contribution >= 4 is 63.3 Å². The van der Waals surface area contributed by atoms with Gasteiger partial charge < -0.3 is 23.0 Å². The summed E-state index contributed by atoms with van der Waals surface area (Å²) in [4.78, 5) is 0. The summed E-state index contributed by atoms with van der Waals surface area (Å²) in [6.07, 6.45) is 0. The van der Waals surface area contributed by atoms with Gasteiger partial charge in [0.05, 0.1) is 39.0 Å². The summed E-state index contributed by atoms with van der Waals surface area (Å²) >= 11 is 0. The van der Waals surface area contributed by atoms with Crippen molar-refractivity contribution in [2.45, 2.75) is 91.6 Å². The molecule has 7 rings (SSSR count). The van der Waals surface area contributed by atoms with E-state index in [1.165, 1.54) is 38.1 Å². The number of fused-ring (bicyclic) bond motifs is 6. The van der Waals surface area contributed by atoms with Gasteiger partial charge in [0.15, 0.2) is 0 Å². The van der Waals surface area contributed by atoms with Crippen LogP contribution in [0, 0.1) is 0 Å². The molecule has 0 saturated carbocycles. The summed E-state index contributed by atoms with van der Waals surface area (Å²) in [5, 5.41) is 4.81. The molecule has 0 radical (unpaired) electrons. The maximum absolute atomic E-state index is 6.47. The molecule has 2 aliphatic heterocycles. The Hall–Kier alpha value is -2.57. The fraction of sp³-hybridized carbons (Fsp3) is 0.438. The van der Waals surface area contributed by atoms with E-state index in [-0.39, 0.29) is 11.2 Å². The smallest absolute Gasteiger partial charge is 0.399 e. The molecule has 2 aliphatic rings. The van der Waals surface area contributed by atoms with Crippen molar-refractivity contribution in [2.75, 3.05) is 0 Å². The predicted molar refractivity (Wildman–Crippen MR) is 164 cm³/mol. The van der Waals surface area contributed by atoms with Crippen LogP contribution in [0.5, 0.6) is 0 Å². The number of hydrogen-bond acceptors (Lipinski definition) is 4. The maximum Gasteiger partial charge on any atom is 0.494 e. The van der Waals surface area contributed by atoms with E-state index in [1.54, 1.807) is 0 Å². The van der Waals surface area contributed by atoms with Crippen molar-refractivity contribution in [1.82, 2.24) is 4.40 Å². The van der Waals surface area contributed by atoms with Gasteiger partial charge in [-0.1, -0.05) is 56.3 Å². The molecule has 0 N–H and O–H groups in total. The van der Waals surface area contributed by atoms with Crippen molar-refractivity contribution in [3.05, 3.63) is 54.6 Å². The molecule has 0 aliphatic carbocycles. The third-order valence-electron chi connectivity index (χ3n) is 9.39. The van der Waals surface area contributed by atoms with E-state index in [2.05, 4.69) is 114 Å². The quantitative estimate of drug-likeness (QED) is 0.249. The van der Waals surface area contributed by atoms with Crippen molar-refractivity contribution in [1.29, 1.82) is 0 Å². The SMILES string of the molecule is CC.CC1(C)OB(c2ccc3c(c2)c2cc(B4OC(C)(C)C(C)(C)O4)cc4c5ccccc5n3c42)OC1(C)C. The molecule has 5 aromatic rings. The molecule has 2 fully saturated rings. The van der Waals surface area contributed by atoms with Gasteiger partial charge in [0.2, 0.25) is 0 Å². The Bertz CT molecular complexity index is 1690. The number of para-hydroxylation sites is 1. The van der Waals surface area contributed by atoms with Gasteiger partial charge in [-0.05, 0) is 78.4 Å². The average molecular weight is 523 g/mol. The molecule has 4 heterocycles. The fourth-order valence-corrected chi connectivity index (χ4v) is 5.78. The minimum absolute atomic E-state index is 0.387. The van der Waals surface area contributed by atoms with Crippen LogP contribution < -0.4 is 10.9 Å². The Labute approximate surface area is 232 Å². The zero-order chi connectivity index (χ0) is 28.1. The fourth-order valence-electron chi connectivity index (χ4n) is 5.78. The molecular weight excluding hydrogens is 484 g/mol. The number of aromatic nitrogens is 1. The van der Waals surface area contributed by atoms with Crippen molar-refractivity contribution < 1.29 is 18.6 Å². The topological polar surface area (TPSA) is 41.3 Å². The summed E-state index contributed by atoms with van der Waals surface area (Å²) in [6.45, 7) is 20.8. The lowest BCUT2D eigenvalue weighted by atomic mass is 9.77. The Morgan fingerprint density at radius 2 is 0.949 bits per heavy atom. The molecule has 39 heavy (non-hydrogen) atoms. The molecule has 3 aromatic carbocycles. The monoisotopic (exact) mass is 523 g/mol. The second-order valence-electron chi connectivity index (χ2n) is 12.8.